The Kier molecular flexibility index (Phi) is 5.55. The van der Waals surface area contributed by atoms with E-state index in [0.29, 0.717) is 0 Å². The molecule has 0 saturated carbocycles. The highest BCUT2D eigenvalue weighted by molar-refractivity contribution is 5.75. The van der Waals surface area contributed by atoms with Gasteiger partial charge in [-0.2, -0.15) is 0 Å². The molecule has 14 heavy (non-hydrogen) atoms. The lowest BCUT2D eigenvalue weighted by Gasteiger charge is -2.29. The standard InChI is InChI=1S/C12H20N.B/c1-4-10-13(2,3)11-12-8-6-5-7-9-12;/h5-9H,4,10-11H2,1-3H3;/q+1;. The number of nitrogens with zero attached hydrogens (tertiary/aromatic N) is 1. The zero-order valence-electron chi connectivity index (χ0n) is 9.53. The van der Waals surface area contributed by atoms with Crippen molar-refractivity contribution in [2.75, 3.05) is 20.6 Å². The molecule has 1 aromatic carbocycles. The van der Waals surface area contributed by atoms with Crippen molar-refractivity contribution in [1.29, 1.82) is 0 Å². The predicted molar refractivity (Wildman–Crippen MR) is 63.2 cm³/mol. The molecule has 3 radical (unpaired) electrons. The molecule has 0 unspecified atom stereocenters. The molecular weight excluding hydrogens is 169 g/mol. The van der Waals surface area contributed by atoms with Crippen LogP contribution in [0, 0.1) is 0 Å². The summed E-state index contributed by atoms with van der Waals surface area (Å²) in [6, 6.07) is 10.7. The van der Waals surface area contributed by atoms with Gasteiger partial charge in [0.15, 0.2) is 0 Å². The van der Waals surface area contributed by atoms with Crippen molar-refractivity contribution in [3.63, 3.8) is 0 Å². The van der Waals surface area contributed by atoms with Crippen LogP contribution in [-0.4, -0.2) is 33.5 Å². The van der Waals surface area contributed by atoms with Crippen LogP contribution in [0.2, 0.25) is 0 Å². The van der Waals surface area contributed by atoms with E-state index in [1.165, 1.54) is 18.5 Å². The van der Waals surface area contributed by atoms with Crippen LogP contribution in [0.25, 0.3) is 0 Å². The molecule has 0 bridgehead atoms. The first kappa shape index (κ1) is 13.2. The summed E-state index contributed by atoms with van der Waals surface area (Å²) in [7, 11) is 4.58. The molecule has 0 amide bonds. The molecule has 0 saturated heterocycles. The van der Waals surface area contributed by atoms with Gasteiger partial charge in [0.1, 0.15) is 6.54 Å². The minimum atomic E-state index is 0. The topological polar surface area (TPSA) is 0 Å². The van der Waals surface area contributed by atoms with Crippen molar-refractivity contribution >= 4 is 8.41 Å². The maximum absolute atomic E-state index is 2.29. The normalized spacial score (nSPS) is 10.8. The Balaban J connectivity index is 0.00000169. The van der Waals surface area contributed by atoms with Gasteiger partial charge in [0.05, 0.1) is 20.6 Å². The minimum absolute atomic E-state index is 0. The smallest absolute Gasteiger partial charge is 0.104 e. The molecule has 0 spiro atoms. The Bertz CT molecular complexity index is 244. The van der Waals surface area contributed by atoms with Gasteiger partial charge in [0, 0.05) is 14.0 Å². The molecule has 1 rings (SSSR count). The van der Waals surface area contributed by atoms with Crippen molar-refractivity contribution in [2.24, 2.45) is 0 Å². The fraction of sp³-hybridized carbons (Fsp3) is 0.500. The average molecular weight is 189 g/mol. The lowest BCUT2D eigenvalue weighted by atomic mass is 10.2. The van der Waals surface area contributed by atoms with Gasteiger partial charge in [-0.05, 0) is 6.42 Å². The van der Waals surface area contributed by atoms with Crippen molar-refractivity contribution in [1.82, 2.24) is 0 Å². The molecule has 0 aliphatic heterocycles. The quantitative estimate of drug-likeness (QED) is 0.503. The Morgan fingerprint density at radius 3 is 2.14 bits per heavy atom. The van der Waals surface area contributed by atoms with Crippen LogP contribution in [0.4, 0.5) is 0 Å². The number of quaternary nitrogens is 1. The highest BCUT2D eigenvalue weighted by Gasteiger charge is 2.13. The van der Waals surface area contributed by atoms with E-state index in [9.17, 15) is 0 Å². The van der Waals surface area contributed by atoms with Crippen LogP contribution in [0.3, 0.4) is 0 Å². The van der Waals surface area contributed by atoms with Crippen molar-refractivity contribution in [2.45, 2.75) is 19.9 Å². The fourth-order valence-electron chi connectivity index (χ4n) is 1.76. The molecule has 2 heteroatoms. The first-order valence-electron chi connectivity index (χ1n) is 5.00. The molecular formula is C12H20BN+. The van der Waals surface area contributed by atoms with E-state index in [-0.39, 0.29) is 8.41 Å². The Labute approximate surface area is 89.9 Å². The number of benzene rings is 1. The molecule has 1 aromatic rings. The first-order chi connectivity index (χ1) is 6.14. The second-order valence-corrected chi connectivity index (χ2v) is 4.30. The minimum Gasteiger partial charge on any atom is -0.325 e. The Morgan fingerprint density at radius 2 is 1.64 bits per heavy atom. The van der Waals surface area contributed by atoms with E-state index >= 15 is 0 Å². The van der Waals surface area contributed by atoms with Gasteiger partial charge in [-0.3, -0.25) is 0 Å². The molecule has 0 atom stereocenters. The zero-order chi connectivity index (χ0) is 9.73. The van der Waals surface area contributed by atoms with Crippen LogP contribution in [0.5, 0.6) is 0 Å². The third kappa shape index (κ3) is 4.47. The SMILES string of the molecule is CCC[N+](C)(C)Cc1ccccc1.[B]. The lowest BCUT2D eigenvalue weighted by molar-refractivity contribution is -0.903. The van der Waals surface area contributed by atoms with Gasteiger partial charge < -0.3 is 4.48 Å². The molecule has 0 fully saturated rings. The maximum atomic E-state index is 2.29. The molecule has 75 valence electrons. The molecule has 0 heterocycles. The third-order valence-electron chi connectivity index (χ3n) is 2.28. The van der Waals surface area contributed by atoms with Gasteiger partial charge >= 0.3 is 0 Å². The third-order valence-corrected chi connectivity index (χ3v) is 2.28. The number of hydrogen-bond acceptors (Lipinski definition) is 0. The van der Waals surface area contributed by atoms with Crippen LogP contribution in [0.1, 0.15) is 18.9 Å². The van der Waals surface area contributed by atoms with Gasteiger partial charge in [0.25, 0.3) is 0 Å². The summed E-state index contributed by atoms with van der Waals surface area (Å²) in [4.78, 5) is 0. The second kappa shape index (κ2) is 5.87. The maximum Gasteiger partial charge on any atom is 0.104 e. The number of hydrogen-bond donors (Lipinski definition) is 0. The van der Waals surface area contributed by atoms with E-state index < -0.39 is 0 Å². The van der Waals surface area contributed by atoms with Gasteiger partial charge in [-0.15, -0.1) is 0 Å². The van der Waals surface area contributed by atoms with Crippen LogP contribution in [-0.2, 0) is 6.54 Å². The number of rotatable bonds is 4. The van der Waals surface area contributed by atoms with Gasteiger partial charge in [0.2, 0.25) is 0 Å². The Morgan fingerprint density at radius 1 is 1.07 bits per heavy atom. The van der Waals surface area contributed by atoms with Crippen molar-refractivity contribution in [3.05, 3.63) is 35.9 Å². The predicted octanol–water partition coefficient (Wildman–Crippen LogP) is 2.29. The van der Waals surface area contributed by atoms with Crippen LogP contribution < -0.4 is 0 Å². The van der Waals surface area contributed by atoms with Crippen LogP contribution in [0.15, 0.2) is 30.3 Å². The van der Waals surface area contributed by atoms with E-state index in [1.54, 1.807) is 0 Å². The molecule has 0 aromatic heterocycles. The van der Waals surface area contributed by atoms with E-state index in [0.717, 1.165) is 11.0 Å². The fourth-order valence-corrected chi connectivity index (χ4v) is 1.76. The molecule has 0 aliphatic carbocycles. The highest BCUT2D eigenvalue weighted by atomic mass is 15.3. The van der Waals surface area contributed by atoms with Crippen molar-refractivity contribution < 1.29 is 4.48 Å². The summed E-state index contributed by atoms with van der Waals surface area (Å²) in [6.45, 7) is 4.62. The summed E-state index contributed by atoms with van der Waals surface area (Å²) in [5.41, 5.74) is 1.43. The highest BCUT2D eigenvalue weighted by Crippen LogP contribution is 2.09. The van der Waals surface area contributed by atoms with Crippen molar-refractivity contribution in [3.8, 4) is 0 Å². The summed E-state index contributed by atoms with van der Waals surface area (Å²) >= 11 is 0. The average Bonchev–Trinajstić information content (AvgIpc) is 2.04. The summed E-state index contributed by atoms with van der Waals surface area (Å²) < 4.78 is 1.08. The van der Waals surface area contributed by atoms with E-state index in [4.69, 9.17) is 0 Å². The lowest BCUT2D eigenvalue weighted by Crippen LogP contribution is -2.39. The second-order valence-electron chi connectivity index (χ2n) is 4.30. The van der Waals surface area contributed by atoms with Gasteiger partial charge in [-0.25, -0.2) is 0 Å². The van der Waals surface area contributed by atoms with Crippen LogP contribution >= 0.6 is 0 Å². The van der Waals surface area contributed by atoms with E-state index in [2.05, 4.69) is 51.4 Å². The monoisotopic (exact) mass is 189 g/mol. The first-order valence-corrected chi connectivity index (χ1v) is 5.00. The summed E-state index contributed by atoms with van der Waals surface area (Å²) in [5.74, 6) is 0. The summed E-state index contributed by atoms with van der Waals surface area (Å²) in [6.07, 6.45) is 1.25. The molecule has 0 N–H and O–H groups in total. The zero-order valence-corrected chi connectivity index (χ0v) is 9.53. The summed E-state index contributed by atoms with van der Waals surface area (Å²) in [5, 5.41) is 0. The molecule has 1 nitrogen and oxygen atoms in total. The van der Waals surface area contributed by atoms with E-state index in [1.807, 2.05) is 0 Å². The molecule has 0 aliphatic rings. The Hall–Kier alpha value is -0.755. The van der Waals surface area contributed by atoms with Gasteiger partial charge in [-0.1, -0.05) is 37.3 Å². The largest absolute Gasteiger partial charge is 0.325 e.